The highest BCUT2D eigenvalue weighted by Crippen LogP contribution is 2.30. The standard InChI is InChI=1S/C22H16N4O2S3/c1-11-5-3-7-13-17(11)23-21(30-13)25-19(27)15-9-10-16(29-15)20(28)26-22-24-18-12(2)6-4-8-14(18)31-22/h3-10H,1-2H3,(H,23,25,27)(H,24,26,28). The third-order valence-corrected chi connectivity index (χ3v) is 7.69. The first-order valence-electron chi connectivity index (χ1n) is 9.43. The van der Waals surface area contributed by atoms with Crippen LogP contribution in [0.2, 0.25) is 0 Å². The van der Waals surface area contributed by atoms with Crippen LogP contribution in [-0.2, 0) is 0 Å². The lowest BCUT2D eigenvalue weighted by atomic mass is 10.2. The number of hydrogen-bond acceptors (Lipinski definition) is 7. The summed E-state index contributed by atoms with van der Waals surface area (Å²) in [5, 5.41) is 6.76. The minimum absolute atomic E-state index is 0.281. The van der Waals surface area contributed by atoms with Gasteiger partial charge < -0.3 is 0 Å². The van der Waals surface area contributed by atoms with Crippen LogP contribution >= 0.6 is 34.0 Å². The van der Waals surface area contributed by atoms with Crippen LogP contribution in [0.1, 0.15) is 30.5 Å². The summed E-state index contributed by atoms with van der Waals surface area (Å²) in [6.45, 7) is 3.98. The molecule has 0 aliphatic heterocycles. The van der Waals surface area contributed by atoms with Crippen molar-refractivity contribution in [2.75, 3.05) is 10.6 Å². The molecule has 0 radical (unpaired) electrons. The number of para-hydroxylation sites is 2. The SMILES string of the molecule is Cc1cccc2sc(NC(=O)c3ccc(C(=O)Nc4nc5c(C)cccc5s4)s3)nc12. The van der Waals surface area contributed by atoms with Crippen molar-refractivity contribution in [3.8, 4) is 0 Å². The Morgan fingerprint density at radius 2 is 1.13 bits per heavy atom. The van der Waals surface area contributed by atoms with Gasteiger partial charge in [-0.3, -0.25) is 20.2 Å². The highest BCUT2D eigenvalue weighted by atomic mass is 32.1. The van der Waals surface area contributed by atoms with Gasteiger partial charge in [0.25, 0.3) is 11.8 Å². The highest BCUT2D eigenvalue weighted by molar-refractivity contribution is 7.23. The molecule has 6 nitrogen and oxygen atoms in total. The number of benzene rings is 2. The lowest BCUT2D eigenvalue weighted by Crippen LogP contribution is -2.11. The van der Waals surface area contributed by atoms with E-state index >= 15 is 0 Å². The fraction of sp³-hybridized carbons (Fsp3) is 0.0909. The number of rotatable bonds is 4. The van der Waals surface area contributed by atoms with Crippen molar-refractivity contribution in [2.24, 2.45) is 0 Å². The molecular weight excluding hydrogens is 448 g/mol. The minimum atomic E-state index is -0.281. The Balaban J connectivity index is 1.31. The van der Waals surface area contributed by atoms with Crippen LogP contribution in [0.15, 0.2) is 48.5 Å². The van der Waals surface area contributed by atoms with Gasteiger partial charge in [0, 0.05) is 0 Å². The van der Waals surface area contributed by atoms with Crippen LogP contribution in [0, 0.1) is 13.8 Å². The van der Waals surface area contributed by atoms with Gasteiger partial charge in [-0.05, 0) is 49.2 Å². The van der Waals surface area contributed by atoms with E-state index in [9.17, 15) is 9.59 Å². The summed E-state index contributed by atoms with van der Waals surface area (Å²) in [6.07, 6.45) is 0. The van der Waals surface area contributed by atoms with E-state index in [1.165, 1.54) is 22.7 Å². The van der Waals surface area contributed by atoms with E-state index in [1.807, 2.05) is 50.2 Å². The Morgan fingerprint density at radius 1 is 0.677 bits per heavy atom. The van der Waals surface area contributed by atoms with Gasteiger partial charge in [-0.15, -0.1) is 11.3 Å². The summed E-state index contributed by atoms with van der Waals surface area (Å²) in [5.41, 5.74) is 3.91. The first kappa shape index (κ1) is 19.8. The van der Waals surface area contributed by atoms with Crippen LogP contribution in [-0.4, -0.2) is 21.8 Å². The maximum Gasteiger partial charge on any atom is 0.267 e. The van der Waals surface area contributed by atoms with Gasteiger partial charge in [0.1, 0.15) is 0 Å². The first-order valence-corrected chi connectivity index (χ1v) is 11.9. The Bertz CT molecular complexity index is 1360. The summed E-state index contributed by atoms with van der Waals surface area (Å²) in [6, 6.07) is 15.2. The number of aryl methyl sites for hydroxylation is 2. The molecule has 5 rings (SSSR count). The Labute approximate surface area is 189 Å². The van der Waals surface area contributed by atoms with Crippen molar-refractivity contribution >= 4 is 76.5 Å². The van der Waals surface area contributed by atoms with E-state index in [1.54, 1.807) is 12.1 Å². The zero-order valence-electron chi connectivity index (χ0n) is 16.6. The molecule has 0 spiro atoms. The number of nitrogens with one attached hydrogen (secondary N) is 2. The van der Waals surface area contributed by atoms with Crippen molar-refractivity contribution in [1.82, 2.24) is 9.97 Å². The smallest absolute Gasteiger partial charge is 0.267 e. The predicted molar refractivity (Wildman–Crippen MR) is 129 cm³/mol. The fourth-order valence-electron chi connectivity index (χ4n) is 3.18. The average molecular weight is 465 g/mol. The molecule has 0 aliphatic rings. The van der Waals surface area contributed by atoms with Gasteiger partial charge in [-0.1, -0.05) is 46.9 Å². The summed E-state index contributed by atoms with van der Waals surface area (Å²) >= 11 is 3.99. The molecular formula is C22H16N4O2S3. The molecule has 2 aromatic carbocycles. The molecule has 0 fully saturated rings. The largest absolute Gasteiger partial charge is 0.297 e. The maximum atomic E-state index is 12.6. The topological polar surface area (TPSA) is 84.0 Å². The number of thiazole rings is 2. The summed E-state index contributed by atoms with van der Waals surface area (Å²) in [4.78, 5) is 35.2. The zero-order valence-corrected chi connectivity index (χ0v) is 19.0. The number of nitrogens with zero attached hydrogens (tertiary/aromatic N) is 2. The minimum Gasteiger partial charge on any atom is -0.297 e. The number of fused-ring (bicyclic) bond motifs is 2. The quantitative estimate of drug-likeness (QED) is 0.337. The van der Waals surface area contributed by atoms with Crippen molar-refractivity contribution in [3.63, 3.8) is 0 Å². The molecule has 31 heavy (non-hydrogen) atoms. The van der Waals surface area contributed by atoms with Gasteiger partial charge in [0.15, 0.2) is 10.3 Å². The third-order valence-electron chi connectivity index (χ3n) is 4.74. The molecule has 5 aromatic rings. The summed E-state index contributed by atoms with van der Waals surface area (Å²) in [7, 11) is 0. The monoisotopic (exact) mass is 464 g/mol. The summed E-state index contributed by atoms with van der Waals surface area (Å²) in [5.74, 6) is -0.562. The predicted octanol–water partition coefficient (Wildman–Crippen LogP) is 6.09. The second-order valence-electron chi connectivity index (χ2n) is 6.95. The summed E-state index contributed by atoms with van der Waals surface area (Å²) < 4.78 is 2.04. The maximum absolute atomic E-state index is 12.6. The molecule has 0 aliphatic carbocycles. The molecule has 0 atom stereocenters. The first-order chi connectivity index (χ1) is 15.0. The van der Waals surface area contributed by atoms with Crippen LogP contribution in [0.3, 0.4) is 0 Å². The highest BCUT2D eigenvalue weighted by Gasteiger charge is 2.17. The van der Waals surface area contributed by atoms with Crippen LogP contribution in [0.4, 0.5) is 10.3 Å². The second kappa shape index (κ2) is 7.84. The molecule has 3 heterocycles. The van der Waals surface area contributed by atoms with E-state index in [0.717, 1.165) is 42.9 Å². The van der Waals surface area contributed by atoms with E-state index in [0.29, 0.717) is 20.0 Å². The van der Waals surface area contributed by atoms with Gasteiger partial charge in [0.05, 0.1) is 30.2 Å². The van der Waals surface area contributed by atoms with Gasteiger partial charge in [0.2, 0.25) is 0 Å². The molecule has 0 saturated heterocycles. The van der Waals surface area contributed by atoms with Gasteiger partial charge in [-0.2, -0.15) is 0 Å². The lowest BCUT2D eigenvalue weighted by Gasteiger charge is -1.99. The Morgan fingerprint density at radius 3 is 1.55 bits per heavy atom. The molecule has 9 heteroatoms. The lowest BCUT2D eigenvalue weighted by molar-refractivity contribution is 0.102. The van der Waals surface area contributed by atoms with Crippen molar-refractivity contribution in [3.05, 3.63) is 69.4 Å². The van der Waals surface area contributed by atoms with Crippen LogP contribution in [0.25, 0.3) is 20.4 Å². The van der Waals surface area contributed by atoms with Crippen molar-refractivity contribution in [2.45, 2.75) is 13.8 Å². The number of anilines is 2. The van der Waals surface area contributed by atoms with Crippen molar-refractivity contribution < 1.29 is 9.59 Å². The average Bonchev–Trinajstić information content (AvgIpc) is 3.46. The van der Waals surface area contributed by atoms with E-state index < -0.39 is 0 Å². The van der Waals surface area contributed by atoms with E-state index in [2.05, 4.69) is 20.6 Å². The number of carbonyl (C=O) groups is 2. The van der Waals surface area contributed by atoms with Gasteiger partial charge >= 0.3 is 0 Å². The van der Waals surface area contributed by atoms with E-state index in [4.69, 9.17) is 0 Å². The Kier molecular flexibility index (Phi) is 5.01. The molecule has 154 valence electrons. The fourth-order valence-corrected chi connectivity index (χ4v) is 5.85. The van der Waals surface area contributed by atoms with Crippen LogP contribution in [0.5, 0.6) is 0 Å². The van der Waals surface area contributed by atoms with Gasteiger partial charge in [-0.25, -0.2) is 9.97 Å². The molecule has 2 amide bonds. The number of aromatic nitrogens is 2. The molecule has 0 unspecified atom stereocenters. The number of hydrogen-bond donors (Lipinski definition) is 2. The normalized spacial score (nSPS) is 11.2. The van der Waals surface area contributed by atoms with E-state index in [-0.39, 0.29) is 11.8 Å². The Hall–Kier alpha value is -3.14. The van der Waals surface area contributed by atoms with Crippen molar-refractivity contribution in [1.29, 1.82) is 0 Å². The molecule has 0 bridgehead atoms. The second-order valence-corrected chi connectivity index (χ2v) is 10.1. The van der Waals surface area contributed by atoms with Crippen LogP contribution < -0.4 is 10.6 Å². The molecule has 2 N–H and O–H groups in total. The number of carbonyl (C=O) groups excluding carboxylic acids is 2. The number of amides is 2. The third kappa shape index (κ3) is 3.83. The zero-order chi connectivity index (χ0) is 21.5. The molecule has 0 saturated carbocycles. The molecule has 3 aromatic heterocycles. The number of thiophene rings is 1.